The highest BCUT2D eigenvalue weighted by Crippen LogP contribution is 2.37. The minimum absolute atomic E-state index is 0.101. The third-order valence-electron chi connectivity index (χ3n) is 3.05. The fraction of sp³-hybridized carbons (Fsp3) is 0.385. The van der Waals surface area contributed by atoms with Crippen LogP contribution in [0.25, 0.3) is 0 Å². The number of nitrogens with zero attached hydrogens (tertiary/aromatic N) is 3. The van der Waals surface area contributed by atoms with Crippen LogP contribution in [0, 0.1) is 0 Å². The number of thioether (sulfide) groups is 1. The van der Waals surface area contributed by atoms with E-state index in [1.54, 1.807) is 11.8 Å². The van der Waals surface area contributed by atoms with Gasteiger partial charge in [-0.2, -0.15) is 0 Å². The Balaban J connectivity index is 1.64. The molecule has 0 spiro atoms. The quantitative estimate of drug-likeness (QED) is 0.840. The van der Waals surface area contributed by atoms with E-state index in [0.29, 0.717) is 6.04 Å². The molecule has 94 valence electrons. The molecule has 0 aliphatic heterocycles. The van der Waals surface area contributed by atoms with Crippen LogP contribution in [0.5, 0.6) is 0 Å². The van der Waals surface area contributed by atoms with E-state index in [1.807, 2.05) is 18.5 Å². The van der Waals surface area contributed by atoms with Crippen LogP contribution in [-0.4, -0.2) is 19.9 Å². The number of aliphatic hydroxyl groups excluding tert-OH is 1. The second-order valence-corrected chi connectivity index (χ2v) is 5.46. The average Bonchev–Trinajstić information content (AvgIpc) is 3.16. The van der Waals surface area contributed by atoms with E-state index in [2.05, 4.69) is 26.9 Å². The number of hydrogen-bond donors (Lipinski definition) is 1. The summed E-state index contributed by atoms with van der Waals surface area (Å²) in [6.45, 7) is 0.101. The van der Waals surface area contributed by atoms with Crippen LogP contribution in [0.4, 0.5) is 0 Å². The zero-order valence-electron chi connectivity index (χ0n) is 9.99. The molecule has 1 saturated carbocycles. The van der Waals surface area contributed by atoms with E-state index in [9.17, 15) is 0 Å². The Bertz CT molecular complexity index is 519. The maximum Gasteiger partial charge on any atom is 0.191 e. The lowest BCUT2D eigenvalue weighted by atomic mass is 10.2. The lowest BCUT2D eigenvalue weighted by Gasteiger charge is -2.04. The van der Waals surface area contributed by atoms with E-state index in [1.165, 1.54) is 18.4 Å². The van der Waals surface area contributed by atoms with Crippen molar-refractivity contribution in [2.45, 2.75) is 36.4 Å². The SMILES string of the molecule is OCc1ccc(CSc2nncn2C2CC2)cc1. The lowest BCUT2D eigenvalue weighted by Crippen LogP contribution is -1.94. The minimum Gasteiger partial charge on any atom is -0.392 e. The second kappa shape index (κ2) is 5.12. The minimum atomic E-state index is 0.101. The van der Waals surface area contributed by atoms with Gasteiger partial charge in [-0.3, -0.25) is 0 Å². The van der Waals surface area contributed by atoms with Gasteiger partial charge >= 0.3 is 0 Å². The zero-order chi connectivity index (χ0) is 12.4. The van der Waals surface area contributed by atoms with Crippen molar-refractivity contribution in [1.29, 1.82) is 0 Å². The van der Waals surface area contributed by atoms with Crippen LogP contribution in [0.3, 0.4) is 0 Å². The summed E-state index contributed by atoms with van der Waals surface area (Å²) in [6, 6.07) is 8.65. The molecule has 5 heteroatoms. The van der Waals surface area contributed by atoms with Crippen molar-refractivity contribution in [2.75, 3.05) is 0 Å². The van der Waals surface area contributed by atoms with Crippen LogP contribution >= 0.6 is 11.8 Å². The molecule has 0 atom stereocenters. The molecule has 0 unspecified atom stereocenters. The first-order chi connectivity index (χ1) is 8.86. The Hall–Kier alpha value is -1.33. The highest BCUT2D eigenvalue weighted by molar-refractivity contribution is 7.98. The summed E-state index contributed by atoms with van der Waals surface area (Å²) < 4.78 is 2.17. The standard InChI is InChI=1S/C13H15N3OS/c17-7-10-1-3-11(4-2-10)8-18-13-15-14-9-16(13)12-5-6-12/h1-4,9,12,17H,5-8H2. The van der Waals surface area contributed by atoms with E-state index in [0.717, 1.165) is 16.5 Å². The first-order valence-corrected chi connectivity index (χ1v) is 7.06. The maximum atomic E-state index is 8.99. The summed E-state index contributed by atoms with van der Waals surface area (Å²) in [5.74, 6) is 0.886. The number of aromatic nitrogens is 3. The van der Waals surface area contributed by atoms with Gasteiger partial charge in [-0.15, -0.1) is 10.2 Å². The van der Waals surface area contributed by atoms with Crippen molar-refractivity contribution in [3.8, 4) is 0 Å². The molecule has 18 heavy (non-hydrogen) atoms. The molecule has 0 saturated heterocycles. The molecule has 1 aromatic carbocycles. The fourth-order valence-electron chi connectivity index (χ4n) is 1.83. The Morgan fingerprint density at radius 1 is 1.22 bits per heavy atom. The summed E-state index contributed by atoms with van der Waals surface area (Å²) in [5, 5.41) is 18.1. The van der Waals surface area contributed by atoms with Crippen LogP contribution in [0.15, 0.2) is 35.7 Å². The van der Waals surface area contributed by atoms with Crippen LogP contribution in [-0.2, 0) is 12.4 Å². The van der Waals surface area contributed by atoms with Gasteiger partial charge in [-0.25, -0.2) is 0 Å². The molecule has 1 fully saturated rings. The number of aliphatic hydroxyl groups is 1. The summed E-state index contributed by atoms with van der Waals surface area (Å²) in [6.07, 6.45) is 4.32. The normalized spacial score (nSPS) is 14.9. The van der Waals surface area contributed by atoms with Crippen molar-refractivity contribution < 1.29 is 5.11 Å². The first kappa shape index (κ1) is 11.7. The fourth-order valence-corrected chi connectivity index (χ4v) is 2.77. The Morgan fingerprint density at radius 2 is 1.94 bits per heavy atom. The molecule has 1 heterocycles. The molecule has 1 aliphatic carbocycles. The van der Waals surface area contributed by atoms with Crippen LogP contribution in [0.1, 0.15) is 30.0 Å². The molecular formula is C13H15N3OS. The molecule has 1 aliphatic rings. The maximum absolute atomic E-state index is 8.99. The van der Waals surface area contributed by atoms with Gasteiger partial charge in [-0.1, -0.05) is 36.0 Å². The van der Waals surface area contributed by atoms with Gasteiger partial charge in [0.25, 0.3) is 0 Å². The molecular weight excluding hydrogens is 246 g/mol. The highest BCUT2D eigenvalue weighted by Gasteiger charge is 2.26. The van der Waals surface area contributed by atoms with Crippen molar-refractivity contribution in [2.24, 2.45) is 0 Å². The van der Waals surface area contributed by atoms with E-state index in [-0.39, 0.29) is 6.61 Å². The number of hydrogen-bond acceptors (Lipinski definition) is 4. The molecule has 3 rings (SSSR count). The van der Waals surface area contributed by atoms with E-state index >= 15 is 0 Å². The molecule has 1 N–H and O–H groups in total. The highest BCUT2D eigenvalue weighted by atomic mass is 32.2. The zero-order valence-corrected chi connectivity index (χ0v) is 10.8. The van der Waals surface area contributed by atoms with Gasteiger partial charge in [0.05, 0.1) is 6.61 Å². The molecule has 0 bridgehead atoms. The topological polar surface area (TPSA) is 50.9 Å². The predicted octanol–water partition coefficient (Wildman–Crippen LogP) is 2.40. The van der Waals surface area contributed by atoms with Gasteiger partial charge in [0.1, 0.15) is 6.33 Å². The van der Waals surface area contributed by atoms with Crippen molar-refractivity contribution in [3.05, 3.63) is 41.7 Å². The third kappa shape index (κ3) is 2.57. The molecule has 1 aromatic heterocycles. The van der Waals surface area contributed by atoms with Gasteiger partial charge in [0, 0.05) is 11.8 Å². The Labute approximate surface area is 110 Å². The van der Waals surface area contributed by atoms with Gasteiger partial charge in [-0.05, 0) is 24.0 Å². The van der Waals surface area contributed by atoms with Gasteiger partial charge in [0.15, 0.2) is 5.16 Å². The van der Waals surface area contributed by atoms with Gasteiger partial charge in [0.2, 0.25) is 0 Å². The molecule has 0 amide bonds. The van der Waals surface area contributed by atoms with Crippen molar-refractivity contribution in [3.63, 3.8) is 0 Å². The van der Waals surface area contributed by atoms with Crippen LogP contribution in [0.2, 0.25) is 0 Å². The second-order valence-electron chi connectivity index (χ2n) is 4.52. The Kier molecular flexibility index (Phi) is 3.34. The summed E-state index contributed by atoms with van der Waals surface area (Å²) in [5.41, 5.74) is 2.19. The monoisotopic (exact) mass is 261 g/mol. The number of rotatable bonds is 5. The summed E-state index contributed by atoms with van der Waals surface area (Å²) in [4.78, 5) is 0. The molecule has 0 radical (unpaired) electrons. The van der Waals surface area contributed by atoms with Crippen molar-refractivity contribution >= 4 is 11.8 Å². The van der Waals surface area contributed by atoms with Crippen LogP contribution < -0.4 is 0 Å². The van der Waals surface area contributed by atoms with Gasteiger partial charge < -0.3 is 9.67 Å². The first-order valence-electron chi connectivity index (χ1n) is 6.08. The molecule has 2 aromatic rings. The largest absolute Gasteiger partial charge is 0.392 e. The predicted molar refractivity (Wildman–Crippen MR) is 70.2 cm³/mol. The number of benzene rings is 1. The summed E-state index contributed by atoms with van der Waals surface area (Å²) in [7, 11) is 0. The summed E-state index contributed by atoms with van der Waals surface area (Å²) >= 11 is 1.72. The lowest BCUT2D eigenvalue weighted by molar-refractivity contribution is 0.282. The smallest absolute Gasteiger partial charge is 0.191 e. The third-order valence-corrected chi connectivity index (χ3v) is 4.08. The van der Waals surface area contributed by atoms with Crippen molar-refractivity contribution in [1.82, 2.24) is 14.8 Å². The molecule has 4 nitrogen and oxygen atoms in total. The van der Waals surface area contributed by atoms with E-state index < -0.39 is 0 Å². The van der Waals surface area contributed by atoms with E-state index in [4.69, 9.17) is 5.11 Å². The average molecular weight is 261 g/mol. The Morgan fingerprint density at radius 3 is 2.61 bits per heavy atom.